The molecule has 120 valence electrons. The van der Waals surface area contributed by atoms with Crippen LogP contribution in [0.1, 0.15) is 18.1 Å². The second-order valence-corrected chi connectivity index (χ2v) is 7.05. The molecule has 2 atom stereocenters. The third kappa shape index (κ3) is 3.72. The largest absolute Gasteiger partial charge is 0.449 e. The highest BCUT2D eigenvalue weighted by atomic mass is 35.5. The highest BCUT2D eigenvalue weighted by Crippen LogP contribution is 2.42. The van der Waals surface area contributed by atoms with Gasteiger partial charge < -0.3 is 10.1 Å². The first kappa shape index (κ1) is 18.3. The van der Waals surface area contributed by atoms with E-state index in [1.807, 2.05) is 49.4 Å². The molecule has 0 spiro atoms. The number of aliphatic imine (C=N–C) groups is 1. The molecule has 0 aromatic heterocycles. The Labute approximate surface area is 162 Å². The Hall–Kier alpha value is -1.46. The van der Waals surface area contributed by atoms with Crippen LogP contribution in [-0.2, 0) is 10.3 Å². The molecule has 3 nitrogen and oxygen atoms in total. The molecule has 1 aliphatic rings. The number of nitrogens with one attached hydrogen (secondary N) is 1. The van der Waals surface area contributed by atoms with Crippen LogP contribution in [0.2, 0.25) is 10.1 Å². The summed E-state index contributed by atoms with van der Waals surface area (Å²) in [4.78, 5) is 4.29. The van der Waals surface area contributed by atoms with E-state index in [0.717, 1.165) is 16.8 Å². The van der Waals surface area contributed by atoms with Crippen molar-refractivity contribution < 1.29 is 4.74 Å². The number of nitrogens with zero attached hydrogens (tertiary/aromatic N) is 1. The van der Waals surface area contributed by atoms with Crippen LogP contribution in [0.25, 0.3) is 0 Å². The molecule has 3 rings (SSSR count). The molecule has 8 heteroatoms. The SMILES string of the molecule is [B]C([B])([B])C(S)N=C1Nc2ccc(Cl)cc2C(C)(c2ccccc2)O1. The van der Waals surface area contributed by atoms with E-state index in [0.29, 0.717) is 5.02 Å². The van der Waals surface area contributed by atoms with Gasteiger partial charge in [0.2, 0.25) is 0 Å². The van der Waals surface area contributed by atoms with Gasteiger partial charge in [-0.2, -0.15) is 12.6 Å². The first-order chi connectivity index (χ1) is 11.7. The molecular formula is C17H14B3ClN2OS. The molecule has 0 fully saturated rings. The van der Waals surface area contributed by atoms with Crippen molar-refractivity contribution in [2.75, 3.05) is 5.32 Å². The number of fused-ring (bicyclic) bond motifs is 1. The minimum absolute atomic E-state index is 0.229. The van der Waals surface area contributed by atoms with Gasteiger partial charge in [-0.15, -0.1) is 5.11 Å². The average Bonchev–Trinajstić information content (AvgIpc) is 2.55. The van der Waals surface area contributed by atoms with Crippen molar-refractivity contribution in [3.63, 3.8) is 0 Å². The van der Waals surface area contributed by atoms with Gasteiger partial charge in [0, 0.05) is 16.3 Å². The molecule has 0 aliphatic carbocycles. The van der Waals surface area contributed by atoms with E-state index < -0.39 is 16.1 Å². The molecule has 0 bridgehead atoms. The Morgan fingerprint density at radius 3 is 2.52 bits per heavy atom. The van der Waals surface area contributed by atoms with Gasteiger partial charge >= 0.3 is 0 Å². The van der Waals surface area contributed by atoms with E-state index in [1.54, 1.807) is 6.07 Å². The maximum absolute atomic E-state index is 6.20. The molecule has 2 aromatic rings. The highest BCUT2D eigenvalue weighted by Gasteiger charge is 2.39. The minimum atomic E-state index is -1.58. The van der Waals surface area contributed by atoms with Crippen LogP contribution in [0.15, 0.2) is 53.5 Å². The summed E-state index contributed by atoms with van der Waals surface area (Å²) in [6.07, 6.45) is 0. The first-order valence-electron chi connectivity index (χ1n) is 7.64. The molecule has 1 N–H and O–H groups in total. The Kier molecular flexibility index (Phi) is 4.91. The molecule has 2 unspecified atom stereocenters. The standard InChI is InChI=1S/C17H14B3ClN2OS/c1-16(10-5-3-2-4-6-10)12-9-11(21)7-8-13(12)22-15(24-16)23-14(25)17(18,19)20/h2-9,14,25H,1H3,(H,22,23). The van der Waals surface area contributed by atoms with Crippen LogP contribution >= 0.6 is 24.2 Å². The predicted octanol–water partition coefficient (Wildman–Crippen LogP) is 3.24. The molecule has 6 radical (unpaired) electrons. The summed E-state index contributed by atoms with van der Waals surface area (Å²) >= 11 is 10.4. The zero-order valence-electron chi connectivity index (χ0n) is 13.6. The Bertz CT molecular complexity index is 813. The normalized spacial score (nSPS) is 22.6. The second kappa shape index (κ2) is 6.69. The summed E-state index contributed by atoms with van der Waals surface area (Å²) < 4.78 is 6.17. The number of benzene rings is 2. The van der Waals surface area contributed by atoms with Gasteiger partial charge in [-0.05, 0) is 30.7 Å². The lowest BCUT2D eigenvalue weighted by molar-refractivity contribution is 0.112. The summed E-state index contributed by atoms with van der Waals surface area (Å²) in [5.41, 5.74) is 1.85. The van der Waals surface area contributed by atoms with Crippen molar-refractivity contribution in [1.29, 1.82) is 0 Å². The number of hydrogen-bond acceptors (Lipinski definition) is 3. The summed E-state index contributed by atoms with van der Waals surface area (Å²) in [5, 5.41) is 1.28. The van der Waals surface area contributed by atoms with Gasteiger partial charge in [0.1, 0.15) is 0 Å². The van der Waals surface area contributed by atoms with Gasteiger partial charge in [-0.25, -0.2) is 4.99 Å². The van der Waals surface area contributed by atoms with Crippen LogP contribution in [0.4, 0.5) is 5.69 Å². The van der Waals surface area contributed by atoms with Crippen molar-refractivity contribution in [3.05, 3.63) is 64.7 Å². The van der Waals surface area contributed by atoms with E-state index in [-0.39, 0.29) is 6.02 Å². The summed E-state index contributed by atoms with van der Waals surface area (Å²) in [7, 11) is 17.0. The average molecular weight is 362 g/mol. The lowest BCUT2D eigenvalue weighted by Crippen LogP contribution is -2.40. The van der Waals surface area contributed by atoms with Crippen molar-refractivity contribution in [2.45, 2.75) is 23.0 Å². The third-order valence-electron chi connectivity index (χ3n) is 4.05. The predicted molar refractivity (Wildman–Crippen MR) is 109 cm³/mol. The van der Waals surface area contributed by atoms with E-state index >= 15 is 0 Å². The summed E-state index contributed by atoms with van der Waals surface area (Å²) in [5.74, 6) is 0. The molecule has 0 amide bonds. The van der Waals surface area contributed by atoms with Crippen LogP contribution in [0.3, 0.4) is 0 Å². The highest BCUT2D eigenvalue weighted by molar-refractivity contribution is 7.81. The molecule has 25 heavy (non-hydrogen) atoms. The fourth-order valence-electron chi connectivity index (χ4n) is 2.66. The molecule has 0 saturated heterocycles. The van der Waals surface area contributed by atoms with E-state index in [1.165, 1.54) is 0 Å². The maximum Gasteiger partial charge on any atom is 0.291 e. The number of amidine groups is 1. The zero-order valence-corrected chi connectivity index (χ0v) is 15.3. The molecule has 1 aliphatic heterocycles. The lowest BCUT2D eigenvalue weighted by atomic mass is 9.42. The number of halogens is 1. The molecular weight excluding hydrogens is 348 g/mol. The van der Waals surface area contributed by atoms with Gasteiger partial charge in [0.25, 0.3) is 6.02 Å². The lowest BCUT2D eigenvalue weighted by Gasteiger charge is -2.38. The summed E-state index contributed by atoms with van der Waals surface area (Å²) in [6.45, 7) is 1.95. The van der Waals surface area contributed by atoms with Crippen LogP contribution in [0.5, 0.6) is 0 Å². The second-order valence-electron chi connectivity index (χ2n) is 6.12. The van der Waals surface area contributed by atoms with Crippen molar-refractivity contribution in [2.24, 2.45) is 4.99 Å². The third-order valence-corrected chi connectivity index (χ3v) is 4.85. The van der Waals surface area contributed by atoms with E-state index in [4.69, 9.17) is 39.9 Å². The molecule has 2 aromatic carbocycles. The topological polar surface area (TPSA) is 33.6 Å². The number of thiol groups is 1. The van der Waals surface area contributed by atoms with Gasteiger partial charge in [-0.1, -0.05) is 41.9 Å². The van der Waals surface area contributed by atoms with E-state index in [2.05, 4.69) is 22.9 Å². The fraction of sp³-hybridized carbons (Fsp3) is 0.235. The first-order valence-corrected chi connectivity index (χ1v) is 8.54. The zero-order chi connectivity index (χ0) is 18.2. The smallest absolute Gasteiger partial charge is 0.291 e. The quantitative estimate of drug-likeness (QED) is 0.649. The summed E-state index contributed by atoms with van der Waals surface area (Å²) in [6, 6.07) is 15.5. The fourth-order valence-corrected chi connectivity index (χ4v) is 2.94. The minimum Gasteiger partial charge on any atom is -0.449 e. The van der Waals surface area contributed by atoms with Crippen LogP contribution in [0, 0.1) is 0 Å². The number of anilines is 1. The van der Waals surface area contributed by atoms with Gasteiger partial charge in [0.05, 0.1) is 28.9 Å². The molecule has 1 heterocycles. The molecule has 0 saturated carbocycles. The van der Waals surface area contributed by atoms with Gasteiger partial charge in [0.15, 0.2) is 5.60 Å². The number of ether oxygens (including phenoxy) is 1. The monoisotopic (exact) mass is 362 g/mol. The van der Waals surface area contributed by atoms with Crippen molar-refractivity contribution >= 4 is 59.5 Å². The maximum atomic E-state index is 6.20. The Morgan fingerprint density at radius 2 is 1.88 bits per heavy atom. The van der Waals surface area contributed by atoms with E-state index in [9.17, 15) is 0 Å². The van der Waals surface area contributed by atoms with Crippen LogP contribution in [-0.4, -0.2) is 34.9 Å². The number of hydrogen-bond donors (Lipinski definition) is 2. The van der Waals surface area contributed by atoms with Gasteiger partial charge in [-0.3, -0.25) is 0 Å². The van der Waals surface area contributed by atoms with Crippen LogP contribution < -0.4 is 5.32 Å². The van der Waals surface area contributed by atoms with Crippen molar-refractivity contribution in [1.82, 2.24) is 0 Å². The number of rotatable bonds is 3. The van der Waals surface area contributed by atoms with Crippen molar-refractivity contribution in [3.8, 4) is 0 Å². The Morgan fingerprint density at radius 1 is 1.20 bits per heavy atom. The Balaban J connectivity index is 2.11.